The third-order valence-corrected chi connectivity index (χ3v) is 4.29. The number of ether oxygens (including phenoxy) is 3. The summed E-state index contributed by atoms with van der Waals surface area (Å²) in [6, 6.07) is 5.97. The van der Waals surface area contributed by atoms with Crippen molar-refractivity contribution in [3.8, 4) is 5.75 Å². The maximum Gasteiger partial charge on any atom is 0.310 e. The van der Waals surface area contributed by atoms with Crippen LogP contribution in [0, 0.1) is 0 Å². The third kappa shape index (κ3) is 5.99. The molecule has 28 heavy (non-hydrogen) atoms. The van der Waals surface area contributed by atoms with E-state index < -0.39 is 43.3 Å². The van der Waals surface area contributed by atoms with Gasteiger partial charge in [-0.25, -0.2) is 0 Å². The Morgan fingerprint density at radius 1 is 1.18 bits per heavy atom. The smallest absolute Gasteiger partial charge is 0.310 e. The summed E-state index contributed by atoms with van der Waals surface area (Å²) < 4.78 is 16.3. The zero-order valence-corrected chi connectivity index (χ0v) is 15.5. The number of aromatic hydroxyl groups is 1. The van der Waals surface area contributed by atoms with E-state index in [0.717, 1.165) is 0 Å². The van der Waals surface area contributed by atoms with Crippen molar-refractivity contribution in [1.29, 1.82) is 0 Å². The lowest BCUT2D eigenvalue weighted by molar-refractivity contribution is -0.302. The first-order valence-corrected chi connectivity index (χ1v) is 8.83. The summed E-state index contributed by atoms with van der Waals surface area (Å²) in [4.78, 5) is 12.3. The van der Waals surface area contributed by atoms with Gasteiger partial charge in [-0.05, 0) is 30.2 Å². The van der Waals surface area contributed by atoms with Crippen LogP contribution < -0.4 is 0 Å². The molecule has 0 bridgehead atoms. The molecule has 9 heteroatoms. The topological polar surface area (TPSA) is 146 Å². The largest absolute Gasteiger partial charge is 0.508 e. The van der Waals surface area contributed by atoms with Gasteiger partial charge in [0.1, 0.15) is 24.1 Å². The van der Waals surface area contributed by atoms with E-state index in [1.165, 1.54) is 18.2 Å². The molecule has 1 aromatic rings. The average molecular weight is 398 g/mol. The van der Waals surface area contributed by atoms with E-state index in [1.54, 1.807) is 19.1 Å². The Kier molecular flexibility index (Phi) is 8.36. The van der Waals surface area contributed by atoms with E-state index in [0.29, 0.717) is 11.1 Å². The Labute approximate surface area is 162 Å². The normalized spacial score (nSPS) is 28.2. The van der Waals surface area contributed by atoms with Crippen molar-refractivity contribution in [2.24, 2.45) is 0 Å². The van der Waals surface area contributed by atoms with Crippen LogP contribution in [0.5, 0.6) is 5.75 Å². The van der Waals surface area contributed by atoms with Crippen molar-refractivity contribution in [1.82, 2.24) is 0 Å². The van der Waals surface area contributed by atoms with Gasteiger partial charge in [0.25, 0.3) is 0 Å². The fourth-order valence-electron chi connectivity index (χ4n) is 2.72. The minimum Gasteiger partial charge on any atom is -0.508 e. The van der Waals surface area contributed by atoms with E-state index in [2.05, 4.69) is 0 Å². The molecule has 1 heterocycles. The second-order valence-corrected chi connectivity index (χ2v) is 6.55. The molecule has 0 amide bonds. The van der Waals surface area contributed by atoms with Crippen molar-refractivity contribution in [2.45, 2.75) is 44.1 Å². The zero-order valence-electron chi connectivity index (χ0n) is 15.5. The first kappa shape index (κ1) is 22.3. The maximum atomic E-state index is 12.3. The number of hydrogen-bond donors (Lipinski definition) is 5. The van der Waals surface area contributed by atoms with Crippen molar-refractivity contribution in [3.05, 3.63) is 41.5 Å². The van der Waals surface area contributed by atoms with E-state index >= 15 is 0 Å². The molecule has 1 aliphatic rings. The Balaban J connectivity index is 2.07. The fraction of sp³-hybridized carbons (Fsp3) is 0.526. The molecule has 1 saturated heterocycles. The maximum absolute atomic E-state index is 12.3. The highest BCUT2D eigenvalue weighted by Gasteiger charge is 2.47. The average Bonchev–Trinajstić information content (AvgIpc) is 2.67. The predicted molar refractivity (Wildman–Crippen MR) is 96.2 cm³/mol. The van der Waals surface area contributed by atoms with Gasteiger partial charge in [-0.1, -0.05) is 18.2 Å². The SMILES string of the molecule is CC(=CCO)CO[C@@H]1O[C@H](CO)[C@@H](O)[C@H](O)[C@H]1OC(=O)Cc1ccc(O)cc1. The first-order valence-electron chi connectivity index (χ1n) is 8.83. The second kappa shape index (κ2) is 10.5. The Morgan fingerprint density at radius 2 is 1.86 bits per heavy atom. The van der Waals surface area contributed by atoms with Crippen molar-refractivity contribution < 1.29 is 44.5 Å². The van der Waals surface area contributed by atoms with Crippen LogP contribution in [0.25, 0.3) is 0 Å². The van der Waals surface area contributed by atoms with E-state index in [-0.39, 0.29) is 25.4 Å². The quantitative estimate of drug-likeness (QED) is 0.282. The van der Waals surface area contributed by atoms with Gasteiger partial charge in [0.2, 0.25) is 0 Å². The standard InChI is InChI=1S/C19H26O9/c1-11(6-7-20)10-26-19-18(17(25)16(24)14(9-21)27-19)28-15(23)8-12-2-4-13(22)5-3-12/h2-6,14,16-22,24-25H,7-10H2,1H3/t14-,16-,17+,18-,19-/m1/s1. The molecule has 0 unspecified atom stereocenters. The number of aliphatic hydroxyl groups is 4. The molecule has 1 aromatic carbocycles. The number of phenols is 1. The van der Waals surface area contributed by atoms with E-state index in [1.807, 2.05) is 0 Å². The van der Waals surface area contributed by atoms with E-state index in [4.69, 9.17) is 19.3 Å². The van der Waals surface area contributed by atoms with Gasteiger partial charge in [-0.2, -0.15) is 0 Å². The minimum atomic E-state index is -1.53. The summed E-state index contributed by atoms with van der Waals surface area (Å²) >= 11 is 0. The lowest BCUT2D eigenvalue weighted by Gasteiger charge is -2.41. The number of aliphatic hydroxyl groups excluding tert-OH is 4. The van der Waals surface area contributed by atoms with Crippen LogP contribution >= 0.6 is 0 Å². The second-order valence-electron chi connectivity index (χ2n) is 6.55. The third-order valence-electron chi connectivity index (χ3n) is 4.29. The summed E-state index contributed by atoms with van der Waals surface area (Å²) in [5.74, 6) is -0.629. The van der Waals surface area contributed by atoms with Gasteiger partial charge in [0.15, 0.2) is 12.4 Å². The predicted octanol–water partition coefficient (Wildman–Crippen LogP) is -0.759. The molecule has 2 rings (SSSR count). The number of hydrogen-bond acceptors (Lipinski definition) is 9. The Bertz CT molecular complexity index is 658. The number of carbonyl (C=O) groups is 1. The van der Waals surface area contributed by atoms with Gasteiger partial charge in [-0.15, -0.1) is 0 Å². The molecule has 1 aliphatic heterocycles. The van der Waals surface area contributed by atoms with Crippen LogP contribution in [-0.4, -0.2) is 82.0 Å². The molecule has 0 spiro atoms. The summed E-state index contributed by atoms with van der Waals surface area (Å²) in [5, 5.41) is 47.9. The van der Waals surface area contributed by atoms with Crippen molar-refractivity contribution in [2.75, 3.05) is 19.8 Å². The molecule has 5 atom stereocenters. The summed E-state index contributed by atoms with van der Waals surface area (Å²) in [6.07, 6.45) is -5.24. The summed E-state index contributed by atoms with van der Waals surface area (Å²) in [7, 11) is 0. The molecule has 0 aromatic heterocycles. The van der Waals surface area contributed by atoms with Crippen LogP contribution in [0.2, 0.25) is 0 Å². The molecule has 1 fully saturated rings. The highest BCUT2D eigenvalue weighted by atomic mass is 16.7. The molecular formula is C19H26O9. The molecule has 9 nitrogen and oxygen atoms in total. The van der Waals surface area contributed by atoms with Crippen LogP contribution in [-0.2, 0) is 25.4 Å². The number of carbonyl (C=O) groups excluding carboxylic acids is 1. The highest BCUT2D eigenvalue weighted by molar-refractivity contribution is 5.72. The Morgan fingerprint density at radius 3 is 2.46 bits per heavy atom. The van der Waals surface area contributed by atoms with Crippen molar-refractivity contribution in [3.63, 3.8) is 0 Å². The number of esters is 1. The monoisotopic (exact) mass is 398 g/mol. The van der Waals surface area contributed by atoms with Gasteiger partial charge in [-0.3, -0.25) is 4.79 Å². The highest BCUT2D eigenvalue weighted by Crippen LogP contribution is 2.25. The minimum absolute atomic E-state index is 0.0260. The summed E-state index contributed by atoms with van der Waals surface area (Å²) in [5.41, 5.74) is 1.27. The molecule has 156 valence electrons. The van der Waals surface area contributed by atoms with Crippen LogP contribution in [0.15, 0.2) is 35.9 Å². The van der Waals surface area contributed by atoms with E-state index in [9.17, 15) is 25.2 Å². The number of phenolic OH excluding ortho intramolecular Hbond substituents is 1. The number of benzene rings is 1. The molecule has 0 saturated carbocycles. The van der Waals surface area contributed by atoms with Gasteiger partial charge < -0.3 is 39.7 Å². The van der Waals surface area contributed by atoms with Gasteiger partial charge in [0.05, 0.1) is 26.2 Å². The molecule has 0 aliphatic carbocycles. The lowest BCUT2D eigenvalue weighted by Crippen LogP contribution is -2.60. The molecule has 5 N–H and O–H groups in total. The van der Waals surface area contributed by atoms with Crippen LogP contribution in [0.3, 0.4) is 0 Å². The van der Waals surface area contributed by atoms with Crippen molar-refractivity contribution >= 4 is 5.97 Å². The van der Waals surface area contributed by atoms with Crippen LogP contribution in [0.1, 0.15) is 12.5 Å². The lowest BCUT2D eigenvalue weighted by atomic mass is 9.99. The molecular weight excluding hydrogens is 372 g/mol. The Hall–Kier alpha value is -2.01. The fourth-order valence-corrected chi connectivity index (χ4v) is 2.72. The molecule has 0 radical (unpaired) electrons. The first-order chi connectivity index (χ1) is 13.3. The number of rotatable bonds is 8. The van der Waals surface area contributed by atoms with Gasteiger partial charge in [0, 0.05) is 0 Å². The summed E-state index contributed by atoms with van der Waals surface area (Å²) in [6.45, 7) is 1.00. The van der Waals surface area contributed by atoms with Gasteiger partial charge >= 0.3 is 5.97 Å². The van der Waals surface area contributed by atoms with Crippen LogP contribution in [0.4, 0.5) is 0 Å². The zero-order chi connectivity index (χ0) is 20.7.